The largest absolute Gasteiger partial charge is 0.309 e. The van der Waals surface area contributed by atoms with Crippen LogP contribution in [0.5, 0.6) is 0 Å². The van der Waals surface area contributed by atoms with Crippen molar-refractivity contribution >= 4 is 0 Å². The van der Waals surface area contributed by atoms with Crippen LogP contribution in [-0.2, 0) is 13.1 Å². The van der Waals surface area contributed by atoms with Gasteiger partial charge in [-0.05, 0) is 12.5 Å². The van der Waals surface area contributed by atoms with Crippen LogP contribution in [-0.4, -0.2) is 15.8 Å². The zero-order valence-electron chi connectivity index (χ0n) is 13.0. The Morgan fingerprint density at radius 1 is 1.11 bits per heavy atom. The molecule has 3 nitrogen and oxygen atoms in total. The van der Waals surface area contributed by atoms with Crippen LogP contribution in [0.2, 0.25) is 0 Å². The van der Waals surface area contributed by atoms with E-state index >= 15 is 0 Å². The van der Waals surface area contributed by atoms with Crippen LogP contribution < -0.4 is 5.32 Å². The second kappa shape index (κ2) is 10.0. The third kappa shape index (κ3) is 7.36. The van der Waals surface area contributed by atoms with E-state index in [4.69, 9.17) is 0 Å². The zero-order chi connectivity index (χ0) is 13.9. The van der Waals surface area contributed by atoms with Gasteiger partial charge in [-0.3, -0.25) is 4.68 Å². The first-order chi connectivity index (χ1) is 9.24. The summed E-state index contributed by atoms with van der Waals surface area (Å²) in [4.78, 5) is 0. The minimum atomic E-state index is 0.530. The van der Waals surface area contributed by atoms with Gasteiger partial charge in [0, 0.05) is 25.3 Å². The van der Waals surface area contributed by atoms with Crippen molar-refractivity contribution in [1.82, 2.24) is 15.1 Å². The van der Waals surface area contributed by atoms with Crippen LogP contribution in [0, 0.1) is 0 Å². The summed E-state index contributed by atoms with van der Waals surface area (Å²) in [5.41, 5.74) is 1.31. The molecule has 0 aliphatic rings. The highest BCUT2D eigenvalue weighted by molar-refractivity contribution is 5.00. The lowest BCUT2D eigenvalue weighted by Crippen LogP contribution is -2.23. The van der Waals surface area contributed by atoms with E-state index in [1.54, 1.807) is 0 Å². The zero-order valence-corrected chi connectivity index (χ0v) is 13.0. The summed E-state index contributed by atoms with van der Waals surface area (Å²) in [6.45, 7) is 8.61. The smallest absolute Gasteiger partial charge is 0.0522 e. The van der Waals surface area contributed by atoms with E-state index in [-0.39, 0.29) is 0 Å². The third-order valence-electron chi connectivity index (χ3n) is 3.47. The van der Waals surface area contributed by atoms with Crippen molar-refractivity contribution in [3.8, 4) is 0 Å². The molecule has 0 saturated carbocycles. The molecule has 19 heavy (non-hydrogen) atoms. The van der Waals surface area contributed by atoms with Gasteiger partial charge in [-0.25, -0.2) is 0 Å². The van der Waals surface area contributed by atoms with Gasteiger partial charge in [0.25, 0.3) is 0 Å². The molecule has 0 aliphatic carbocycles. The van der Waals surface area contributed by atoms with Gasteiger partial charge in [-0.1, -0.05) is 59.3 Å². The van der Waals surface area contributed by atoms with Crippen molar-refractivity contribution in [3.05, 3.63) is 18.0 Å². The molecule has 0 aromatic carbocycles. The van der Waals surface area contributed by atoms with Crippen LogP contribution in [0.25, 0.3) is 0 Å². The van der Waals surface area contributed by atoms with E-state index in [0.717, 1.165) is 13.1 Å². The number of aromatic nitrogens is 2. The average Bonchev–Trinajstić information content (AvgIpc) is 2.83. The molecule has 0 amide bonds. The normalized spacial score (nSPS) is 11.4. The first-order valence-corrected chi connectivity index (χ1v) is 7.98. The Morgan fingerprint density at radius 2 is 1.79 bits per heavy atom. The summed E-state index contributed by atoms with van der Waals surface area (Å²) in [7, 11) is 0. The van der Waals surface area contributed by atoms with Crippen LogP contribution >= 0.6 is 0 Å². The van der Waals surface area contributed by atoms with Crippen LogP contribution in [0.1, 0.15) is 71.4 Å². The van der Waals surface area contributed by atoms with E-state index in [0.29, 0.717) is 6.04 Å². The number of hydrogen-bond donors (Lipinski definition) is 1. The quantitative estimate of drug-likeness (QED) is 0.610. The molecule has 110 valence electrons. The molecule has 3 heteroatoms. The summed E-state index contributed by atoms with van der Waals surface area (Å²) in [6, 6.07) is 2.65. The van der Waals surface area contributed by atoms with E-state index in [1.807, 2.05) is 6.20 Å². The molecule has 0 aliphatic heterocycles. The maximum Gasteiger partial charge on any atom is 0.0522 e. The molecule has 0 unspecified atom stereocenters. The van der Waals surface area contributed by atoms with Gasteiger partial charge in [0.2, 0.25) is 0 Å². The highest BCUT2D eigenvalue weighted by atomic mass is 15.3. The Hall–Kier alpha value is -0.830. The maximum atomic E-state index is 4.42. The van der Waals surface area contributed by atoms with Gasteiger partial charge in [-0.15, -0.1) is 0 Å². The second-order valence-electron chi connectivity index (χ2n) is 5.70. The Bertz CT molecular complexity index is 318. The minimum Gasteiger partial charge on any atom is -0.309 e. The fraction of sp³-hybridized carbons (Fsp3) is 0.812. The molecular weight excluding hydrogens is 234 g/mol. The number of nitrogens with zero attached hydrogens (tertiary/aromatic N) is 2. The molecular formula is C16H31N3. The minimum absolute atomic E-state index is 0.530. The van der Waals surface area contributed by atoms with Gasteiger partial charge >= 0.3 is 0 Å². The topological polar surface area (TPSA) is 29.9 Å². The van der Waals surface area contributed by atoms with E-state index in [9.17, 15) is 0 Å². The Labute approximate surface area is 118 Å². The molecule has 1 rings (SSSR count). The van der Waals surface area contributed by atoms with Gasteiger partial charge in [-0.2, -0.15) is 5.10 Å². The van der Waals surface area contributed by atoms with Crippen LogP contribution in [0.15, 0.2) is 12.3 Å². The monoisotopic (exact) mass is 265 g/mol. The lowest BCUT2D eigenvalue weighted by Gasteiger charge is -2.10. The fourth-order valence-electron chi connectivity index (χ4n) is 2.24. The Balaban J connectivity index is 2.13. The van der Waals surface area contributed by atoms with Crippen molar-refractivity contribution in [1.29, 1.82) is 0 Å². The fourth-order valence-corrected chi connectivity index (χ4v) is 2.24. The van der Waals surface area contributed by atoms with Gasteiger partial charge in [0.15, 0.2) is 0 Å². The summed E-state index contributed by atoms with van der Waals surface area (Å²) in [5, 5.41) is 7.87. The van der Waals surface area contributed by atoms with Gasteiger partial charge in [0.1, 0.15) is 0 Å². The summed E-state index contributed by atoms with van der Waals surface area (Å²) in [6.07, 6.45) is 11.4. The number of hydrogen-bond acceptors (Lipinski definition) is 2. The summed E-state index contributed by atoms with van der Waals surface area (Å²) < 4.78 is 2.15. The number of nitrogens with one attached hydrogen (secondary N) is 1. The van der Waals surface area contributed by atoms with Crippen molar-refractivity contribution in [2.24, 2.45) is 0 Å². The number of unbranched alkanes of at least 4 members (excludes halogenated alkanes) is 6. The molecule has 0 fully saturated rings. The van der Waals surface area contributed by atoms with Crippen LogP contribution in [0.4, 0.5) is 0 Å². The molecule has 0 bridgehead atoms. The highest BCUT2D eigenvalue weighted by Crippen LogP contribution is 2.08. The molecule has 1 N–H and O–H groups in total. The van der Waals surface area contributed by atoms with E-state index in [2.05, 4.69) is 41.9 Å². The SMILES string of the molecule is CCCCCCCCCn1nccc1CNC(C)C. The van der Waals surface area contributed by atoms with E-state index in [1.165, 1.54) is 50.6 Å². The highest BCUT2D eigenvalue weighted by Gasteiger charge is 2.02. The summed E-state index contributed by atoms with van der Waals surface area (Å²) in [5.74, 6) is 0. The Kier molecular flexibility index (Phi) is 8.55. The molecule has 0 radical (unpaired) electrons. The van der Waals surface area contributed by atoms with E-state index < -0.39 is 0 Å². The Morgan fingerprint density at radius 3 is 2.47 bits per heavy atom. The maximum absolute atomic E-state index is 4.42. The van der Waals surface area contributed by atoms with Gasteiger partial charge < -0.3 is 5.32 Å². The first-order valence-electron chi connectivity index (χ1n) is 7.98. The van der Waals surface area contributed by atoms with Crippen molar-refractivity contribution in [3.63, 3.8) is 0 Å². The van der Waals surface area contributed by atoms with Crippen molar-refractivity contribution < 1.29 is 0 Å². The number of rotatable bonds is 11. The lowest BCUT2D eigenvalue weighted by molar-refractivity contribution is 0.491. The second-order valence-corrected chi connectivity index (χ2v) is 5.70. The lowest BCUT2D eigenvalue weighted by atomic mass is 10.1. The molecule has 0 saturated heterocycles. The predicted octanol–water partition coefficient (Wildman–Crippen LogP) is 4.13. The molecule has 1 heterocycles. The average molecular weight is 265 g/mol. The molecule has 1 aromatic rings. The molecule has 1 aromatic heterocycles. The summed E-state index contributed by atoms with van der Waals surface area (Å²) >= 11 is 0. The van der Waals surface area contributed by atoms with Crippen molar-refractivity contribution in [2.75, 3.05) is 0 Å². The third-order valence-corrected chi connectivity index (χ3v) is 3.47. The molecule has 0 atom stereocenters. The first kappa shape index (κ1) is 16.2. The van der Waals surface area contributed by atoms with Crippen molar-refractivity contribution in [2.45, 2.75) is 84.8 Å². The molecule has 0 spiro atoms. The van der Waals surface area contributed by atoms with Gasteiger partial charge in [0.05, 0.1) is 5.69 Å². The predicted molar refractivity (Wildman–Crippen MR) is 82.2 cm³/mol. The van der Waals surface area contributed by atoms with Crippen LogP contribution in [0.3, 0.4) is 0 Å². The number of aryl methyl sites for hydroxylation is 1. The standard InChI is InChI=1S/C16H31N3/c1-4-5-6-7-8-9-10-13-19-16(11-12-18-19)14-17-15(2)3/h11-12,15,17H,4-10,13-14H2,1-3H3.